The molecule has 0 heterocycles. The van der Waals surface area contributed by atoms with Crippen LogP contribution < -0.4 is 5.32 Å². The van der Waals surface area contributed by atoms with Gasteiger partial charge in [-0.3, -0.25) is 19.7 Å². The number of hydrogen-bond donors (Lipinski definition) is 1. The number of rotatable bonds is 8. The Kier molecular flexibility index (Phi) is 6.26. The van der Waals surface area contributed by atoms with Crippen LogP contribution in [0.2, 0.25) is 0 Å². The summed E-state index contributed by atoms with van der Waals surface area (Å²) in [4.78, 5) is 44.6. The Morgan fingerprint density at radius 2 is 2.00 bits per heavy atom. The van der Waals surface area contributed by atoms with Gasteiger partial charge in [-0.05, 0) is 12.3 Å². The maximum Gasteiger partial charge on any atom is 0.328 e. The second-order valence-corrected chi connectivity index (χ2v) is 5.58. The third-order valence-electron chi connectivity index (χ3n) is 3.20. The number of nitro groups is 1. The molecule has 1 aliphatic rings. The molecule has 0 aliphatic heterocycles. The fraction of sp³-hybridized carbons (Fsp3) is 0.769. The first kappa shape index (κ1) is 17.9. The minimum atomic E-state index is -0.917. The molecule has 3 unspecified atom stereocenters. The van der Waals surface area contributed by atoms with E-state index in [-0.39, 0.29) is 12.3 Å². The summed E-state index contributed by atoms with van der Waals surface area (Å²) in [5.74, 6) is -2.63. The van der Waals surface area contributed by atoms with Gasteiger partial charge in [0.15, 0.2) is 6.61 Å². The lowest BCUT2D eigenvalue weighted by molar-refractivity contribution is -0.497. The van der Waals surface area contributed by atoms with Crippen molar-refractivity contribution >= 4 is 17.8 Å². The number of hydrogen-bond acceptors (Lipinski definition) is 7. The molecular formula is C13H20N2O7. The largest absolute Gasteiger partial charge is 0.467 e. The topological polar surface area (TPSA) is 125 Å². The average molecular weight is 316 g/mol. The first-order chi connectivity index (χ1) is 10.3. The van der Waals surface area contributed by atoms with Crippen LogP contribution in [0.5, 0.6) is 0 Å². The van der Waals surface area contributed by atoms with Crippen LogP contribution in [0.25, 0.3) is 0 Å². The highest BCUT2D eigenvalue weighted by molar-refractivity contribution is 5.86. The lowest BCUT2D eigenvalue weighted by Crippen LogP contribution is -2.44. The van der Waals surface area contributed by atoms with Crippen molar-refractivity contribution in [2.75, 3.05) is 13.7 Å². The number of ether oxygens (including phenoxy) is 2. The zero-order chi connectivity index (χ0) is 16.9. The lowest BCUT2D eigenvalue weighted by Gasteiger charge is -2.18. The summed E-state index contributed by atoms with van der Waals surface area (Å²) in [7, 11) is 1.21. The molecule has 1 amide bonds. The van der Waals surface area contributed by atoms with Gasteiger partial charge in [-0.2, -0.15) is 0 Å². The van der Waals surface area contributed by atoms with Gasteiger partial charge in [-0.15, -0.1) is 0 Å². The summed E-state index contributed by atoms with van der Waals surface area (Å²) < 4.78 is 9.31. The fourth-order valence-electron chi connectivity index (χ4n) is 1.98. The van der Waals surface area contributed by atoms with Gasteiger partial charge in [0.05, 0.1) is 7.11 Å². The van der Waals surface area contributed by atoms with Crippen molar-refractivity contribution in [3.63, 3.8) is 0 Å². The molecule has 124 valence electrons. The van der Waals surface area contributed by atoms with Crippen LogP contribution >= 0.6 is 0 Å². The molecule has 1 aliphatic carbocycles. The number of methoxy groups -OCH3 is 1. The number of esters is 2. The van der Waals surface area contributed by atoms with E-state index in [1.165, 1.54) is 7.11 Å². The Hall–Kier alpha value is -2.19. The van der Waals surface area contributed by atoms with Gasteiger partial charge in [0.2, 0.25) is 6.04 Å². The van der Waals surface area contributed by atoms with E-state index in [2.05, 4.69) is 10.1 Å². The first-order valence-corrected chi connectivity index (χ1v) is 6.93. The second-order valence-electron chi connectivity index (χ2n) is 5.58. The van der Waals surface area contributed by atoms with Crippen LogP contribution in [0.15, 0.2) is 0 Å². The molecule has 0 spiro atoms. The maximum absolute atomic E-state index is 11.7. The molecule has 9 nitrogen and oxygen atoms in total. The molecule has 0 aromatic heterocycles. The van der Waals surface area contributed by atoms with Crippen LogP contribution in [0.4, 0.5) is 0 Å². The monoisotopic (exact) mass is 316 g/mol. The van der Waals surface area contributed by atoms with E-state index in [9.17, 15) is 24.5 Å². The molecule has 3 atom stereocenters. The van der Waals surface area contributed by atoms with Gasteiger partial charge in [-0.25, -0.2) is 4.79 Å². The third-order valence-corrected chi connectivity index (χ3v) is 3.20. The SMILES string of the molecule is COC(=O)C(CC(C)C)NC(=O)COC(=O)C1CC1[N+](=O)[O-]. The van der Waals surface area contributed by atoms with Crippen molar-refractivity contribution in [3.05, 3.63) is 10.1 Å². The van der Waals surface area contributed by atoms with Crippen molar-refractivity contribution in [2.45, 2.75) is 38.8 Å². The summed E-state index contributed by atoms with van der Waals surface area (Å²) in [6.45, 7) is 3.19. The normalized spacial score (nSPS) is 20.9. The summed E-state index contributed by atoms with van der Waals surface area (Å²) in [6, 6.07) is -1.73. The molecule has 0 aromatic rings. The highest BCUT2D eigenvalue weighted by atomic mass is 16.6. The maximum atomic E-state index is 11.7. The first-order valence-electron chi connectivity index (χ1n) is 6.93. The van der Waals surface area contributed by atoms with Gasteiger partial charge in [-0.1, -0.05) is 13.8 Å². The van der Waals surface area contributed by atoms with Crippen LogP contribution in [-0.4, -0.2) is 48.6 Å². The van der Waals surface area contributed by atoms with Crippen LogP contribution in [0.1, 0.15) is 26.7 Å². The van der Waals surface area contributed by atoms with Crippen molar-refractivity contribution in [1.82, 2.24) is 5.32 Å². The Morgan fingerprint density at radius 3 is 2.45 bits per heavy atom. The van der Waals surface area contributed by atoms with Crippen molar-refractivity contribution in [2.24, 2.45) is 11.8 Å². The summed E-state index contributed by atoms with van der Waals surface area (Å²) in [5.41, 5.74) is 0. The predicted molar refractivity (Wildman–Crippen MR) is 73.3 cm³/mol. The zero-order valence-corrected chi connectivity index (χ0v) is 12.7. The Balaban J connectivity index is 2.39. The van der Waals surface area contributed by atoms with E-state index in [0.29, 0.717) is 6.42 Å². The minimum absolute atomic E-state index is 0.131. The molecule has 1 rings (SSSR count). The summed E-state index contributed by atoms with van der Waals surface area (Å²) in [6.07, 6.45) is 0.518. The summed E-state index contributed by atoms with van der Waals surface area (Å²) >= 11 is 0. The number of carbonyl (C=O) groups is 3. The molecule has 0 radical (unpaired) electrons. The smallest absolute Gasteiger partial charge is 0.328 e. The Labute approximate surface area is 127 Å². The molecule has 0 aromatic carbocycles. The van der Waals surface area contributed by atoms with E-state index < -0.39 is 47.4 Å². The van der Waals surface area contributed by atoms with Crippen LogP contribution in [0, 0.1) is 22.0 Å². The van der Waals surface area contributed by atoms with Gasteiger partial charge in [0, 0.05) is 11.3 Å². The van der Waals surface area contributed by atoms with E-state index in [1.54, 1.807) is 0 Å². The van der Waals surface area contributed by atoms with E-state index in [1.807, 2.05) is 13.8 Å². The van der Waals surface area contributed by atoms with Crippen LogP contribution in [0.3, 0.4) is 0 Å². The van der Waals surface area contributed by atoms with Gasteiger partial charge in [0.1, 0.15) is 12.0 Å². The van der Waals surface area contributed by atoms with Crippen LogP contribution in [-0.2, 0) is 23.9 Å². The molecule has 9 heteroatoms. The average Bonchev–Trinajstić information content (AvgIpc) is 3.23. The molecule has 22 heavy (non-hydrogen) atoms. The molecule has 1 fully saturated rings. The molecular weight excluding hydrogens is 296 g/mol. The number of nitrogens with one attached hydrogen (secondary N) is 1. The van der Waals surface area contributed by atoms with Gasteiger partial charge >= 0.3 is 11.9 Å². The molecule has 1 N–H and O–H groups in total. The molecule has 0 bridgehead atoms. The highest BCUT2D eigenvalue weighted by Gasteiger charge is 2.54. The number of carbonyl (C=O) groups excluding carboxylic acids is 3. The van der Waals surface area contributed by atoms with E-state index >= 15 is 0 Å². The van der Waals surface area contributed by atoms with Gasteiger partial charge < -0.3 is 14.8 Å². The highest BCUT2D eigenvalue weighted by Crippen LogP contribution is 2.33. The molecule has 0 saturated heterocycles. The Bertz CT molecular complexity index is 463. The molecule has 1 saturated carbocycles. The van der Waals surface area contributed by atoms with Crippen molar-refractivity contribution in [3.8, 4) is 0 Å². The number of amides is 1. The quantitative estimate of drug-likeness (QED) is 0.376. The minimum Gasteiger partial charge on any atom is -0.467 e. The third kappa shape index (κ3) is 5.30. The fourth-order valence-corrected chi connectivity index (χ4v) is 1.98. The Morgan fingerprint density at radius 1 is 1.36 bits per heavy atom. The van der Waals surface area contributed by atoms with Gasteiger partial charge in [0.25, 0.3) is 5.91 Å². The van der Waals surface area contributed by atoms with Crippen molar-refractivity contribution in [1.29, 1.82) is 0 Å². The number of nitrogens with zero attached hydrogens (tertiary/aromatic N) is 1. The predicted octanol–water partition coefficient (Wildman–Crippen LogP) is -0.101. The second kappa shape index (κ2) is 7.71. The van der Waals surface area contributed by atoms with E-state index in [0.717, 1.165) is 0 Å². The zero-order valence-electron chi connectivity index (χ0n) is 12.7. The summed E-state index contributed by atoms with van der Waals surface area (Å²) in [5, 5.41) is 12.9. The lowest BCUT2D eigenvalue weighted by atomic mass is 10.0. The van der Waals surface area contributed by atoms with Crippen molar-refractivity contribution < 1.29 is 28.8 Å². The standard InChI is InChI=1S/C13H20N2O7/c1-7(2)4-9(13(18)21-3)14-11(16)6-22-12(17)8-5-10(8)15(19)20/h7-10H,4-6H2,1-3H3,(H,14,16). The van der Waals surface area contributed by atoms with E-state index in [4.69, 9.17) is 4.74 Å².